The Labute approximate surface area is 159 Å². The molecule has 2 aromatic carbocycles. The third-order valence-corrected chi connectivity index (χ3v) is 4.73. The molecule has 3 aromatic rings. The van der Waals surface area contributed by atoms with Crippen LogP contribution in [0.15, 0.2) is 42.5 Å². The fourth-order valence-electron chi connectivity index (χ4n) is 2.68. The average Bonchev–Trinajstić information content (AvgIpc) is 2.87. The molecule has 1 aromatic heterocycles. The number of halogens is 3. The zero-order chi connectivity index (χ0) is 18.1. The van der Waals surface area contributed by atoms with Crippen LogP contribution in [-0.4, -0.2) is 20.6 Å². The summed E-state index contributed by atoms with van der Waals surface area (Å²) in [4.78, 5) is 16.2. The molecule has 0 radical (unpaired) electrons. The highest BCUT2D eigenvalue weighted by Crippen LogP contribution is 2.31. The third-order valence-electron chi connectivity index (χ3n) is 3.80. The molecular weight excluding hydrogens is 383 g/mol. The van der Waals surface area contributed by atoms with Gasteiger partial charge in [0.05, 0.1) is 17.3 Å². The minimum atomic E-state index is -1.07. The number of nitrogens with zero attached hydrogens (tertiary/aromatic N) is 2. The lowest BCUT2D eigenvalue weighted by molar-refractivity contribution is 0.0685. The van der Waals surface area contributed by atoms with Gasteiger partial charge in [0.1, 0.15) is 5.82 Å². The Morgan fingerprint density at radius 3 is 2.52 bits per heavy atom. The summed E-state index contributed by atoms with van der Waals surface area (Å²) in [6.07, 6.45) is 0. The third kappa shape index (κ3) is 3.52. The molecule has 4 nitrogen and oxygen atoms in total. The molecular formula is C18H13Cl3N2O2. The van der Waals surface area contributed by atoms with Gasteiger partial charge in [-0.15, -0.1) is 0 Å². The predicted octanol–water partition coefficient (Wildman–Crippen LogP) is 5.57. The van der Waals surface area contributed by atoms with Crippen LogP contribution in [0.3, 0.4) is 0 Å². The molecule has 0 fully saturated rings. The first kappa shape index (κ1) is 17.8. The summed E-state index contributed by atoms with van der Waals surface area (Å²) in [5.41, 5.74) is 1.84. The topological polar surface area (TPSA) is 55.1 Å². The molecule has 3 rings (SSSR count). The summed E-state index contributed by atoms with van der Waals surface area (Å²) in [5.74, 6) is -0.599. The Balaban J connectivity index is 2.21. The molecule has 0 aliphatic heterocycles. The van der Waals surface area contributed by atoms with Crippen molar-refractivity contribution in [3.63, 3.8) is 0 Å². The van der Waals surface area contributed by atoms with Gasteiger partial charge in [-0.3, -0.25) is 0 Å². The lowest BCUT2D eigenvalue weighted by Gasteiger charge is -2.13. The van der Waals surface area contributed by atoms with Crippen molar-refractivity contribution in [1.29, 1.82) is 0 Å². The van der Waals surface area contributed by atoms with Crippen molar-refractivity contribution >= 4 is 40.8 Å². The van der Waals surface area contributed by atoms with Crippen LogP contribution in [0.4, 0.5) is 0 Å². The van der Waals surface area contributed by atoms with Crippen LogP contribution in [0, 0.1) is 6.92 Å². The zero-order valence-corrected chi connectivity index (χ0v) is 15.4. The van der Waals surface area contributed by atoms with Gasteiger partial charge >= 0.3 is 5.97 Å². The van der Waals surface area contributed by atoms with Gasteiger partial charge in [-0.05, 0) is 42.8 Å². The van der Waals surface area contributed by atoms with E-state index in [1.165, 1.54) is 0 Å². The van der Waals surface area contributed by atoms with E-state index in [0.717, 1.165) is 0 Å². The van der Waals surface area contributed by atoms with E-state index in [9.17, 15) is 9.90 Å². The van der Waals surface area contributed by atoms with Crippen LogP contribution in [0.25, 0.3) is 11.4 Å². The number of aryl methyl sites for hydroxylation is 1. The number of hydrogen-bond acceptors (Lipinski definition) is 2. The van der Waals surface area contributed by atoms with Crippen LogP contribution in [0.5, 0.6) is 0 Å². The number of hydrogen-bond donors (Lipinski definition) is 1. The number of benzene rings is 2. The summed E-state index contributed by atoms with van der Waals surface area (Å²) < 4.78 is 1.59. The summed E-state index contributed by atoms with van der Waals surface area (Å²) >= 11 is 18.6. The largest absolute Gasteiger partial charge is 0.477 e. The SMILES string of the molecule is Cc1nc(-c2ccccc2Cl)n(Cc2cc(Cl)ccc2Cl)c1C(=O)O. The molecule has 7 heteroatoms. The van der Waals surface area contributed by atoms with E-state index in [1.807, 2.05) is 6.07 Å². The Hall–Kier alpha value is -2.01. The highest BCUT2D eigenvalue weighted by molar-refractivity contribution is 6.34. The van der Waals surface area contributed by atoms with Gasteiger partial charge < -0.3 is 9.67 Å². The predicted molar refractivity (Wildman–Crippen MR) is 99.9 cm³/mol. The second kappa shape index (κ2) is 7.08. The molecule has 0 spiro atoms. The smallest absolute Gasteiger partial charge is 0.354 e. The molecule has 0 aliphatic carbocycles. The number of carbonyl (C=O) groups is 1. The molecule has 0 amide bonds. The molecule has 0 bridgehead atoms. The second-order valence-corrected chi connectivity index (χ2v) is 6.73. The molecule has 1 heterocycles. The number of carboxylic acid groups (broad SMARTS) is 1. The molecule has 128 valence electrons. The van der Waals surface area contributed by atoms with Crippen molar-refractivity contribution in [2.45, 2.75) is 13.5 Å². The molecule has 0 unspecified atom stereocenters. The maximum Gasteiger partial charge on any atom is 0.354 e. The summed E-state index contributed by atoms with van der Waals surface area (Å²) in [6.45, 7) is 1.86. The zero-order valence-electron chi connectivity index (χ0n) is 13.1. The van der Waals surface area contributed by atoms with Crippen molar-refractivity contribution in [2.24, 2.45) is 0 Å². The summed E-state index contributed by atoms with van der Waals surface area (Å²) in [7, 11) is 0. The van der Waals surface area contributed by atoms with Crippen LogP contribution >= 0.6 is 34.8 Å². The number of imidazole rings is 1. The van der Waals surface area contributed by atoms with Gasteiger partial charge in [0.15, 0.2) is 5.69 Å². The van der Waals surface area contributed by atoms with Gasteiger partial charge in [0.2, 0.25) is 0 Å². The molecule has 1 N–H and O–H groups in total. The van der Waals surface area contributed by atoms with Gasteiger partial charge in [-0.1, -0.05) is 46.9 Å². The summed E-state index contributed by atoms with van der Waals surface area (Å²) in [5, 5.41) is 11.1. The first-order valence-electron chi connectivity index (χ1n) is 7.37. The van der Waals surface area contributed by atoms with Crippen LogP contribution < -0.4 is 0 Å². The number of aromatic nitrogens is 2. The normalized spacial score (nSPS) is 10.9. The van der Waals surface area contributed by atoms with Crippen LogP contribution in [0.2, 0.25) is 15.1 Å². The Bertz CT molecular complexity index is 967. The fraction of sp³-hybridized carbons (Fsp3) is 0.111. The van der Waals surface area contributed by atoms with E-state index >= 15 is 0 Å². The van der Waals surface area contributed by atoms with E-state index in [0.29, 0.717) is 37.7 Å². The maximum absolute atomic E-state index is 11.8. The van der Waals surface area contributed by atoms with Crippen LogP contribution in [0.1, 0.15) is 21.7 Å². The monoisotopic (exact) mass is 394 g/mol. The highest BCUT2D eigenvalue weighted by atomic mass is 35.5. The Morgan fingerprint density at radius 1 is 1.12 bits per heavy atom. The maximum atomic E-state index is 11.8. The van der Waals surface area contributed by atoms with Crippen molar-refractivity contribution in [3.05, 3.63) is 74.5 Å². The van der Waals surface area contributed by atoms with Crippen molar-refractivity contribution < 1.29 is 9.90 Å². The molecule has 0 saturated carbocycles. The first-order chi connectivity index (χ1) is 11.9. The number of carboxylic acids is 1. The molecule has 0 atom stereocenters. The lowest BCUT2D eigenvalue weighted by Crippen LogP contribution is -2.12. The lowest BCUT2D eigenvalue weighted by atomic mass is 10.2. The second-order valence-electron chi connectivity index (χ2n) is 5.48. The quantitative estimate of drug-likeness (QED) is 0.628. The van der Waals surface area contributed by atoms with Crippen molar-refractivity contribution in [3.8, 4) is 11.4 Å². The first-order valence-corrected chi connectivity index (χ1v) is 8.51. The standard InChI is InChI=1S/C18H13Cl3N2O2/c1-10-16(18(24)25)23(9-11-8-12(19)6-7-14(11)20)17(22-10)13-4-2-3-5-15(13)21/h2-8H,9H2,1H3,(H,24,25). The molecule has 0 aliphatic rings. The van der Waals surface area contributed by atoms with Crippen molar-refractivity contribution in [2.75, 3.05) is 0 Å². The van der Waals surface area contributed by atoms with Gasteiger partial charge in [-0.25, -0.2) is 9.78 Å². The minimum Gasteiger partial charge on any atom is -0.477 e. The van der Waals surface area contributed by atoms with E-state index in [2.05, 4.69) is 4.98 Å². The minimum absolute atomic E-state index is 0.0889. The number of aromatic carboxylic acids is 1. The Kier molecular flexibility index (Phi) is 5.04. The van der Waals surface area contributed by atoms with Crippen LogP contribution in [-0.2, 0) is 6.54 Å². The van der Waals surface area contributed by atoms with Gasteiger partial charge in [-0.2, -0.15) is 0 Å². The Morgan fingerprint density at radius 2 is 1.84 bits per heavy atom. The average molecular weight is 396 g/mol. The van der Waals surface area contributed by atoms with E-state index in [1.54, 1.807) is 47.9 Å². The van der Waals surface area contributed by atoms with E-state index in [4.69, 9.17) is 34.8 Å². The summed E-state index contributed by atoms with van der Waals surface area (Å²) in [6, 6.07) is 12.2. The van der Waals surface area contributed by atoms with E-state index in [-0.39, 0.29) is 12.2 Å². The highest BCUT2D eigenvalue weighted by Gasteiger charge is 2.23. The molecule has 0 saturated heterocycles. The van der Waals surface area contributed by atoms with Crippen molar-refractivity contribution in [1.82, 2.24) is 9.55 Å². The van der Waals surface area contributed by atoms with Gasteiger partial charge in [0.25, 0.3) is 0 Å². The fourth-order valence-corrected chi connectivity index (χ4v) is 3.27. The number of rotatable bonds is 4. The molecule has 25 heavy (non-hydrogen) atoms. The van der Waals surface area contributed by atoms with E-state index < -0.39 is 5.97 Å². The van der Waals surface area contributed by atoms with Gasteiger partial charge in [0, 0.05) is 15.6 Å².